The molecule has 1 aromatic rings. The molecule has 2 rings (SSSR count). The van der Waals surface area contributed by atoms with Crippen LogP contribution in [0.25, 0.3) is 6.08 Å². The van der Waals surface area contributed by atoms with Crippen molar-refractivity contribution in [2.75, 3.05) is 39.9 Å². The van der Waals surface area contributed by atoms with Gasteiger partial charge in [-0.15, -0.1) is 0 Å². The van der Waals surface area contributed by atoms with E-state index in [-0.39, 0.29) is 18.4 Å². The van der Waals surface area contributed by atoms with Crippen molar-refractivity contribution in [3.63, 3.8) is 0 Å². The Morgan fingerprint density at radius 1 is 1.12 bits per heavy atom. The number of rotatable bonds is 5. The molecule has 0 aliphatic carbocycles. The van der Waals surface area contributed by atoms with Crippen LogP contribution in [0.1, 0.15) is 25.8 Å². The van der Waals surface area contributed by atoms with Crippen molar-refractivity contribution in [1.29, 1.82) is 0 Å². The monoisotopic (exact) mass is 346 g/mol. The Labute approximate surface area is 149 Å². The number of allylic oxidation sites excluding steroid dienone is 1. The summed E-state index contributed by atoms with van der Waals surface area (Å²) in [6.45, 7) is 5.92. The summed E-state index contributed by atoms with van der Waals surface area (Å²) < 4.78 is 11.0. The van der Waals surface area contributed by atoms with Crippen molar-refractivity contribution in [3.05, 3.63) is 29.8 Å². The van der Waals surface area contributed by atoms with Gasteiger partial charge in [0.25, 0.3) is 5.91 Å². The van der Waals surface area contributed by atoms with Crippen LogP contribution in [-0.2, 0) is 9.59 Å². The van der Waals surface area contributed by atoms with E-state index in [4.69, 9.17) is 9.47 Å². The second-order valence-electron chi connectivity index (χ2n) is 5.94. The number of hydrogen-bond donors (Lipinski definition) is 0. The maximum absolute atomic E-state index is 12.4. The molecule has 0 aromatic heterocycles. The minimum absolute atomic E-state index is 0.0423. The van der Waals surface area contributed by atoms with Gasteiger partial charge < -0.3 is 19.3 Å². The molecule has 0 radical (unpaired) electrons. The van der Waals surface area contributed by atoms with Crippen molar-refractivity contribution in [2.45, 2.75) is 20.3 Å². The highest BCUT2D eigenvalue weighted by molar-refractivity contribution is 5.78. The Kier molecular flexibility index (Phi) is 6.86. The van der Waals surface area contributed by atoms with E-state index in [0.717, 1.165) is 12.0 Å². The predicted molar refractivity (Wildman–Crippen MR) is 96.6 cm³/mol. The number of carbonyl (C=O) groups is 2. The first-order chi connectivity index (χ1) is 12.0. The van der Waals surface area contributed by atoms with Gasteiger partial charge in [-0.2, -0.15) is 0 Å². The van der Waals surface area contributed by atoms with E-state index in [1.165, 1.54) is 0 Å². The fourth-order valence-corrected chi connectivity index (χ4v) is 2.81. The Morgan fingerprint density at radius 3 is 2.52 bits per heavy atom. The second-order valence-corrected chi connectivity index (χ2v) is 5.94. The molecule has 1 heterocycles. The summed E-state index contributed by atoms with van der Waals surface area (Å²) >= 11 is 0. The van der Waals surface area contributed by atoms with Gasteiger partial charge in [0.1, 0.15) is 0 Å². The molecule has 2 amide bonds. The summed E-state index contributed by atoms with van der Waals surface area (Å²) in [5.74, 6) is 1.12. The molecule has 6 heteroatoms. The second kappa shape index (κ2) is 9.11. The molecule has 0 atom stereocenters. The SMILES string of the molecule is C/C=C/c1ccc(OCC(=O)N2CCCN(C(C)=O)CC2)c(OC)c1. The van der Waals surface area contributed by atoms with E-state index >= 15 is 0 Å². The van der Waals surface area contributed by atoms with Crippen LogP contribution in [0.4, 0.5) is 0 Å². The highest BCUT2D eigenvalue weighted by atomic mass is 16.5. The van der Waals surface area contributed by atoms with Gasteiger partial charge >= 0.3 is 0 Å². The number of methoxy groups -OCH3 is 1. The molecular formula is C19H26N2O4. The summed E-state index contributed by atoms with van der Waals surface area (Å²) in [5, 5.41) is 0. The Morgan fingerprint density at radius 2 is 1.84 bits per heavy atom. The average Bonchev–Trinajstić information content (AvgIpc) is 2.86. The first-order valence-corrected chi connectivity index (χ1v) is 8.52. The molecule has 0 spiro atoms. The minimum atomic E-state index is -0.0787. The van der Waals surface area contributed by atoms with Crippen molar-refractivity contribution in [3.8, 4) is 11.5 Å². The molecule has 25 heavy (non-hydrogen) atoms. The van der Waals surface area contributed by atoms with Crippen LogP contribution >= 0.6 is 0 Å². The maximum Gasteiger partial charge on any atom is 0.260 e. The van der Waals surface area contributed by atoms with Gasteiger partial charge in [-0.25, -0.2) is 0 Å². The standard InChI is InChI=1S/C19H26N2O4/c1-4-6-16-7-8-17(18(13-16)24-3)25-14-19(23)21-10-5-9-20(11-12-21)15(2)22/h4,6-8,13H,5,9-12,14H2,1-3H3/b6-4+. The molecule has 1 fully saturated rings. The first-order valence-electron chi connectivity index (χ1n) is 8.52. The lowest BCUT2D eigenvalue weighted by Crippen LogP contribution is -2.38. The fraction of sp³-hybridized carbons (Fsp3) is 0.474. The molecule has 1 aliphatic heterocycles. The Hall–Kier alpha value is -2.50. The van der Waals surface area contributed by atoms with Crippen LogP contribution < -0.4 is 9.47 Å². The summed E-state index contributed by atoms with van der Waals surface area (Å²) in [7, 11) is 1.58. The van der Waals surface area contributed by atoms with Gasteiger partial charge in [-0.3, -0.25) is 9.59 Å². The number of amides is 2. The van der Waals surface area contributed by atoms with Gasteiger partial charge in [-0.1, -0.05) is 18.2 Å². The summed E-state index contributed by atoms with van der Waals surface area (Å²) in [6, 6.07) is 5.59. The van der Waals surface area contributed by atoms with E-state index < -0.39 is 0 Å². The topological polar surface area (TPSA) is 59.1 Å². The summed E-state index contributed by atoms with van der Waals surface area (Å²) in [6.07, 6.45) is 4.70. The molecular weight excluding hydrogens is 320 g/mol. The number of benzene rings is 1. The number of nitrogens with zero attached hydrogens (tertiary/aromatic N) is 2. The van der Waals surface area contributed by atoms with Crippen molar-refractivity contribution in [1.82, 2.24) is 9.80 Å². The summed E-state index contributed by atoms with van der Waals surface area (Å²) in [4.78, 5) is 27.4. The molecule has 136 valence electrons. The summed E-state index contributed by atoms with van der Waals surface area (Å²) in [5.41, 5.74) is 1.01. The van der Waals surface area contributed by atoms with E-state index in [0.29, 0.717) is 37.7 Å². The van der Waals surface area contributed by atoms with Crippen LogP contribution in [0.3, 0.4) is 0 Å². The van der Waals surface area contributed by atoms with Crippen LogP contribution in [0.2, 0.25) is 0 Å². The first kappa shape index (κ1) is 18.8. The van der Waals surface area contributed by atoms with Crippen LogP contribution in [0.15, 0.2) is 24.3 Å². The maximum atomic E-state index is 12.4. The van der Waals surface area contributed by atoms with Crippen molar-refractivity contribution in [2.24, 2.45) is 0 Å². The zero-order valence-corrected chi connectivity index (χ0v) is 15.2. The molecule has 0 N–H and O–H groups in total. The van der Waals surface area contributed by atoms with E-state index in [2.05, 4.69) is 0 Å². The molecule has 6 nitrogen and oxygen atoms in total. The third-order valence-electron chi connectivity index (χ3n) is 4.19. The van der Waals surface area contributed by atoms with Crippen LogP contribution in [-0.4, -0.2) is 61.5 Å². The Balaban J connectivity index is 1.94. The molecule has 1 saturated heterocycles. The third kappa shape index (κ3) is 5.24. The predicted octanol–water partition coefficient (Wildman–Crippen LogP) is 2.19. The van der Waals surface area contributed by atoms with Gasteiger partial charge in [0.05, 0.1) is 7.11 Å². The lowest BCUT2D eigenvalue weighted by molar-refractivity contribution is -0.134. The van der Waals surface area contributed by atoms with Crippen molar-refractivity contribution < 1.29 is 19.1 Å². The van der Waals surface area contributed by atoms with Gasteiger partial charge in [0, 0.05) is 33.1 Å². The smallest absolute Gasteiger partial charge is 0.260 e. The fourth-order valence-electron chi connectivity index (χ4n) is 2.81. The largest absolute Gasteiger partial charge is 0.493 e. The van der Waals surface area contributed by atoms with Crippen LogP contribution in [0.5, 0.6) is 11.5 Å². The van der Waals surface area contributed by atoms with E-state index in [1.807, 2.05) is 31.2 Å². The van der Waals surface area contributed by atoms with Crippen LogP contribution in [0, 0.1) is 0 Å². The molecule has 1 aliphatic rings. The highest BCUT2D eigenvalue weighted by Gasteiger charge is 2.21. The lowest BCUT2D eigenvalue weighted by Gasteiger charge is -2.21. The van der Waals surface area contributed by atoms with Gasteiger partial charge in [0.15, 0.2) is 18.1 Å². The Bertz CT molecular complexity index is 642. The van der Waals surface area contributed by atoms with E-state index in [1.54, 1.807) is 29.9 Å². The molecule has 0 unspecified atom stereocenters. The quantitative estimate of drug-likeness (QED) is 0.820. The van der Waals surface area contributed by atoms with Crippen molar-refractivity contribution >= 4 is 17.9 Å². The number of ether oxygens (including phenoxy) is 2. The average molecular weight is 346 g/mol. The van der Waals surface area contributed by atoms with E-state index in [9.17, 15) is 9.59 Å². The zero-order chi connectivity index (χ0) is 18.2. The minimum Gasteiger partial charge on any atom is -0.493 e. The number of carbonyl (C=O) groups excluding carboxylic acids is 2. The molecule has 1 aromatic carbocycles. The third-order valence-corrected chi connectivity index (χ3v) is 4.19. The lowest BCUT2D eigenvalue weighted by atomic mass is 10.2. The van der Waals surface area contributed by atoms with Gasteiger partial charge in [0.2, 0.25) is 5.91 Å². The highest BCUT2D eigenvalue weighted by Crippen LogP contribution is 2.28. The molecule has 0 bridgehead atoms. The normalized spacial score (nSPS) is 15.2. The molecule has 0 saturated carbocycles. The zero-order valence-electron chi connectivity index (χ0n) is 15.2. The van der Waals surface area contributed by atoms with Gasteiger partial charge in [-0.05, 0) is 31.0 Å². The number of hydrogen-bond acceptors (Lipinski definition) is 4.